The van der Waals surface area contributed by atoms with E-state index in [1.165, 1.54) is 33.3 Å². The second kappa shape index (κ2) is 5.00. The van der Waals surface area contributed by atoms with Gasteiger partial charge in [-0.25, -0.2) is 0 Å². The number of nitrogens with one attached hydrogen (secondary N) is 2. The monoisotopic (exact) mass is 340 g/mol. The van der Waals surface area contributed by atoms with Crippen molar-refractivity contribution in [2.45, 2.75) is 19.4 Å². The number of rotatable bonds is 1. The molecule has 0 amide bonds. The Labute approximate surface area is 132 Å². The lowest BCUT2D eigenvalue weighted by Gasteiger charge is -2.25. The molecule has 0 saturated heterocycles. The van der Waals surface area contributed by atoms with Crippen molar-refractivity contribution in [3.63, 3.8) is 0 Å². The highest BCUT2D eigenvalue weighted by Gasteiger charge is 2.26. The Morgan fingerprint density at radius 1 is 1.14 bits per heavy atom. The van der Waals surface area contributed by atoms with Crippen molar-refractivity contribution in [1.29, 1.82) is 0 Å². The number of hydrogen-bond donors (Lipinski definition) is 2. The fourth-order valence-electron chi connectivity index (χ4n) is 3.32. The van der Waals surface area contributed by atoms with Crippen molar-refractivity contribution in [2.75, 3.05) is 6.54 Å². The predicted molar refractivity (Wildman–Crippen MR) is 90.7 cm³/mol. The van der Waals surface area contributed by atoms with E-state index in [2.05, 4.69) is 75.6 Å². The van der Waals surface area contributed by atoms with Crippen molar-refractivity contribution in [3.05, 3.63) is 69.3 Å². The summed E-state index contributed by atoms with van der Waals surface area (Å²) in [4.78, 5) is 3.64. The third-order valence-electron chi connectivity index (χ3n) is 4.32. The van der Waals surface area contributed by atoms with Crippen LogP contribution in [0.3, 0.4) is 0 Å². The minimum absolute atomic E-state index is 0.233. The lowest BCUT2D eigenvalue weighted by Crippen LogP contribution is -2.30. The first-order valence-electron chi connectivity index (χ1n) is 7.33. The van der Waals surface area contributed by atoms with Gasteiger partial charge in [0.2, 0.25) is 0 Å². The van der Waals surface area contributed by atoms with Crippen molar-refractivity contribution in [2.24, 2.45) is 0 Å². The fourth-order valence-corrected chi connectivity index (χ4v) is 3.83. The van der Waals surface area contributed by atoms with E-state index in [4.69, 9.17) is 0 Å². The topological polar surface area (TPSA) is 27.8 Å². The molecule has 106 valence electrons. The molecule has 0 radical (unpaired) electrons. The predicted octanol–water partition coefficient (Wildman–Crippen LogP) is 4.47. The summed E-state index contributed by atoms with van der Waals surface area (Å²) in [6.45, 7) is 3.17. The standard InChI is InChI=1S/C18H17BrN2/c1-11-6-7-16-14(10-11)12-8-9-20-17(18(12)21-16)13-4-2-3-5-15(13)19/h2-7,10,17,20-21H,8-9H2,1H3. The molecule has 21 heavy (non-hydrogen) atoms. The Morgan fingerprint density at radius 2 is 2.00 bits per heavy atom. The van der Waals surface area contributed by atoms with Gasteiger partial charge in [-0.2, -0.15) is 0 Å². The number of aryl methyl sites for hydroxylation is 1. The minimum Gasteiger partial charge on any atom is -0.357 e. The van der Waals surface area contributed by atoms with Gasteiger partial charge >= 0.3 is 0 Å². The summed E-state index contributed by atoms with van der Waals surface area (Å²) >= 11 is 3.69. The smallest absolute Gasteiger partial charge is 0.0743 e. The van der Waals surface area contributed by atoms with Gasteiger partial charge in [0.1, 0.15) is 0 Å². The number of aromatic amines is 1. The van der Waals surface area contributed by atoms with Gasteiger partial charge in [0.15, 0.2) is 0 Å². The summed E-state index contributed by atoms with van der Waals surface area (Å²) < 4.78 is 1.16. The summed E-state index contributed by atoms with van der Waals surface area (Å²) in [5.41, 5.74) is 6.63. The van der Waals surface area contributed by atoms with Crippen LogP contribution in [0.15, 0.2) is 46.9 Å². The number of benzene rings is 2. The van der Waals surface area contributed by atoms with E-state index in [-0.39, 0.29) is 6.04 Å². The molecule has 0 aliphatic carbocycles. The lowest BCUT2D eigenvalue weighted by molar-refractivity contribution is 0.559. The first-order valence-corrected chi connectivity index (χ1v) is 8.12. The maximum atomic E-state index is 3.69. The maximum Gasteiger partial charge on any atom is 0.0743 e. The van der Waals surface area contributed by atoms with Crippen LogP contribution in [0.1, 0.15) is 28.4 Å². The van der Waals surface area contributed by atoms with Crippen LogP contribution in [0.2, 0.25) is 0 Å². The van der Waals surface area contributed by atoms with Gasteiger partial charge in [-0.15, -0.1) is 0 Å². The Morgan fingerprint density at radius 3 is 2.86 bits per heavy atom. The summed E-state index contributed by atoms with van der Waals surface area (Å²) in [6.07, 6.45) is 1.08. The van der Waals surface area contributed by atoms with Crippen LogP contribution in [0, 0.1) is 6.92 Å². The molecule has 2 aromatic carbocycles. The first kappa shape index (κ1) is 13.1. The van der Waals surface area contributed by atoms with Crippen molar-refractivity contribution in [3.8, 4) is 0 Å². The van der Waals surface area contributed by atoms with E-state index < -0.39 is 0 Å². The van der Waals surface area contributed by atoms with Crippen LogP contribution in [0.4, 0.5) is 0 Å². The molecule has 2 N–H and O–H groups in total. The molecule has 3 aromatic rings. The zero-order chi connectivity index (χ0) is 14.4. The molecule has 0 spiro atoms. The highest BCUT2D eigenvalue weighted by Crippen LogP contribution is 2.36. The summed E-state index contributed by atoms with van der Waals surface area (Å²) in [7, 11) is 0. The van der Waals surface area contributed by atoms with E-state index in [0.29, 0.717) is 0 Å². The molecule has 1 unspecified atom stereocenters. The number of halogens is 1. The largest absolute Gasteiger partial charge is 0.357 e. The third kappa shape index (κ3) is 2.12. The number of hydrogen-bond acceptors (Lipinski definition) is 1. The third-order valence-corrected chi connectivity index (χ3v) is 5.05. The quantitative estimate of drug-likeness (QED) is 0.671. The number of fused-ring (bicyclic) bond motifs is 3. The Kier molecular flexibility index (Phi) is 3.12. The first-order chi connectivity index (χ1) is 10.2. The molecular weight excluding hydrogens is 324 g/mol. The molecule has 0 fully saturated rings. The van der Waals surface area contributed by atoms with Crippen LogP contribution >= 0.6 is 15.9 Å². The Balaban J connectivity index is 1.92. The average Bonchev–Trinajstić information content (AvgIpc) is 2.86. The normalized spacial score (nSPS) is 17.9. The van der Waals surface area contributed by atoms with Crippen LogP contribution in [-0.2, 0) is 6.42 Å². The molecule has 3 heteroatoms. The van der Waals surface area contributed by atoms with Gasteiger partial charge in [-0.05, 0) is 42.7 Å². The van der Waals surface area contributed by atoms with Crippen LogP contribution in [-0.4, -0.2) is 11.5 Å². The van der Waals surface area contributed by atoms with E-state index in [1.54, 1.807) is 0 Å². The van der Waals surface area contributed by atoms with Gasteiger partial charge in [0, 0.05) is 27.6 Å². The molecule has 1 aromatic heterocycles. The summed E-state index contributed by atoms with van der Waals surface area (Å²) in [5, 5.41) is 5.03. The molecule has 0 bridgehead atoms. The maximum absolute atomic E-state index is 3.69. The van der Waals surface area contributed by atoms with Gasteiger partial charge in [-0.3, -0.25) is 0 Å². The number of H-pyrrole nitrogens is 1. The van der Waals surface area contributed by atoms with E-state index in [1.807, 2.05) is 0 Å². The lowest BCUT2D eigenvalue weighted by atomic mass is 9.94. The van der Waals surface area contributed by atoms with Crippen molar-refractivity contribution in [1.82, 2.24) is 10.3 Å². The second-order valence-electron chi connectivity index (χ2n) is 5.72. The van der Waals surface area contributed by atoms with Gasteiger partial charge in [0.25, 0.3) is 0 Å². The average molecular weight is 341 g/mol. The molecular formula is C18H17BrN2. The van der Waals surface area contributed by atoms with Crippen LogP contribution in [0.25, 0.3) is 10.9 Å². The van der Waals surface area contributed by atoms with Crippen molar-refractivity contribution < 1.29 is 0 Å². The Bertz CT molecular complexity index is 819. The number of aromatic nitrogens is 1. The van der Waals surface area contributed by atoms with E-state index in [9.17, 15) is 0 Å². The summed E-state index contributed by atoms with van der Waals surface area (Å²) in [6, 6.07) is 15.4. The van der Waals surface area contributed by atoms with Crippen LogP contribution in [0.5, 0.6) is 0 Å². The van der Waals surface area contributed by atoms with Crippen molar-refractivity contribution >= 4 is 26.8 Å². The minimum atomic E-state index is 0.233. The van der Waals surface area contributed by atoms with Gasteiger partial charge in [0.05, 0.1) is 6.04 Å². The zero-order valence-corrected chi connectivity index (χ0v) is 13.5. The molecule has 2 heterocycles. The molecule has 1 aliphatic rings. The van der Waals surface area contributed by atoms with Crippen LogP contribution < -0.4 is 5.32 Å². The van der Waals surface area contributed by atoms with E-state index in [0.717, 1.165) is 17.4 Å². The highest BCUT2D eigenvalue weighted by atomic mass is 79.9. The summed E-state index contributed by atoms with van der Waals surface area (Å²) in [5.74, 6) is 0. The molecule has 1 aliphatic heterocycles. The molecule has 4 rings (SSSR count). The Hall–Kier alpha value is -1.58. The highest BCUT2D eigenvalue weighted by molar-refractivity contribution is 9.10. The SMILES string of the molecule is Cc1ccc2[nH]c3c(c2c1)CCNC3c1ccccc1Br. The molecule has 0 saturated carbocycles. The molecule has 1 atom stereocenters. The van der Waals surface area contributed by atoms with E-state index >= 15 is 0 Å². The fraction of sp³-hybridized carbons (Fsp3) is 0.222. The second-order valence-corrected chi connectivity index (χ2v) is 6.58. The molecule has 2 nitrogen and oxygen atoms in total. The zero-order valence-electron chi connectivity index (χ0n) is 11.9. The van der Waals surface area contributed by atoms with Gasteiger partial charge in [-0.1, -0.05) is 45.8 Å². The van der Waals surface area contributed by atoms with Gasteiger partial charge < -0.3 is 10.3 Å².